The maximum Gasteiger partial charge on any atom is 0.258 e. The van der Waals surface area contributed by atoms with Gasteiger partial charge in [-0.2, -0.15) is 0 Å². The summed E-state index contributed by atoms with van der Waals surface area (Å²) in [5, 5.41) is 0.197. The number of carbonyl (C=O) groups excluding carboxylic acids is 1. The summed E-state index contributed by atoms with van der Waals surface area (Å²) < 4.78 is 13.9. The number of rotatable bonds is 2. The van der Waals surface area contributed by atoms with E-state index in [1.807, 2.05) is 0 Å². The Hall–Kier alpha value is -1.13. The summed E-state index contributed by atoms with van der Waals surface area (Å²) in [4.78, 5) is 16.8. The minimum atomic E-state index is -0.532. The van der Waals surface area contributed by atoms with Crippen LogP contribution in [0.3, 0.4) is 0 Å². The second-order valence-electron chi connectivity index (χ2n) is 6.22. The van der Waals surface area contributed by atoms with Gasteiger partial charge in [0, 0.05) is 19.1 Å². The van der Waals surface area contributed by atoms with Gasteiger partial charge in [-0.1, -0.05) is 24.1 Å². The highest BCUT2D eigenvalue weighted by Crippen LogP contribution is 2.25. The Kier molecular flexibility index (Phi) is 4.99. The number of hydrogen-bond acceptors (Lipinski definition) is 2. The second-order valence-corrected chi connectivity index (χ2v) is 6.62. The van der Waals surface area contributed by atoms with Crippen LogP contribution in [0, 0.1) is 5.82 Å². The summed E-state index contributed by atoms with van der Waals surface area (Å²) in [5.74, 6) is -0.809. The lowest BCUT2D eigenvalue weighted by Gasteiger charge is -2.40. The molecule has 0 unspecified atom stereocenters. The summed E-state index contributed by atoms with van der Waals surface area (Å²) >= 11 is 6.00. The lowest BCUT2D eigenvalue weighted by Crippen LogP contribution is -2.48. The highest BCUT2D eigenvalue weighted by Gasteiger charge is 2.29. The molecule has 0 aromatic heterocycles. The van der Waals surface area contributed by atoms with E-state index in [1.54, 1.807) is 11.0 Å². The minimum Gasteiger partial charge on any atom is -0.338 e. The van der Waals surface area contributed by atoms with Gasteiger partial charge in [-0.3, -0.25) is 4.79 Å². The first-order valence-corrected chi connectivity index (χ1v) is 8.52. The minimum absolute atomic E-state index is 0.0144. The van der Waals surface area contributed by atoms with Crippen molar-refractivity contribution in [2.75, 3.05) is 26.2 Å². The number of likely N-dealkylation sites (tertiary alicyclic amines) is 2. The van der Waals surface area contributed by atoms with E-state index in [1.165, 1.54) is 44.5 Å². The molecule has 3 nitrogen and oxygen atoms in total. The summed E-state index contributed by atoms with van der Waals surface area (Å²) in [6.45, 7) is 3.73. The summed E-state index contributed by atoms with van der Waals surface area (Å²) in [7, 11) is 0. The fourth-order valence-electron chi connectivity index (χ4n) is 3.58. The maximum absolute atomic E-state index is 13.9. The Labute approximate surface area is 136 Å². The molecule has 0 N–H and O–H groups in total. The highest BCUT2D eigenvalue weighted by atomic mass is 35.5. The summed E-state index contributed by atoms with van der Waals surface area (Å²) in [5.41, 5.74) is 0.0144. The van der Waals surface area contributed by atoms with Gasteiger partial charge in [0.05, 0.1) is 10.6 Å². The number of hydrogen-bond donors (Lipinski definition) is 0. The average Bonchev–Trinajstić information content (AvgIpc) is 2.55. The SMILES string of the molecule is O=C(c1c(F)cccc1Cl)N1CCC(N2CCCCC2)CC1. The zero-order chi connectivity index (χ0) is 15.5. The van der Waals surface area contributed by atoms with E-state index >= 15 is 0 Å². The molecule has 5 heteroatoms. The Morgan fingerprint density at radius 1 is 1.09 bits per heavy atom. The predicted molar refractivity (Wildman–Crippen MR) is 85.8 cm³/mol. The van der Waals surface area contributed by atoms with Gasteiger partial charge in [-0.25, -0.2) is 4.39 Å². The fourth-order valence-corrected chi connectivity index (χ4v) is 3.82. The lowest BCUT2D eigenvalue weighted by atomic mass is 9.99. The van der Waals surface area contributed by atoms with Crippen LogP contribution in [0.4, 0.5) is 4.39 Å². The molecule has 0 atom stereocenters. The number of nitrogens with zero attached hydrogens (tertiary/aromatic N) is 2. The molecule has 120 valence electrons. The normalized spacial score (nSPS) is 21.1. The van der Waals surface area contributed by atoms with Gasteiger partial charge < -0.3 is 9.80 Å². The quantitative estimate of drug-likeness (QED) is 0.830. The van der Waals surface area contributed by atoms with Gasteiger partial charge in [0.1, 0.15) is 5.82 Å². The largest absolute Gasteiger partial charge is 0.338 e. The molecule has 3 rings (SSSR count). The van der Waals surface area contributed by atoms with Gasteiger partial charge in [-0.15, -0.1) is 0 Å². The molecule has 2 saturated heterocycles. The fraction of sp³-hybridized carbons (Fsp3) is 0.588. The van der Waals surface area contributed by atoms with Crippen molar-refractivity contribution in [3.63, 3.8) is 0 Å². The van der Waals surface area contributed by atoms with Crippen LogP contribution in [0.5, 0.6) is 0 Å². The third-order valence-electron chi connectivity index (χ3n) is 4.84. The van der Waals surface area contributed by atoms with Crippen LogP contribution in [0.15, 0.2) is 18.2 Å². The molecular weight excluding hydrogens is 303 g/mol. The molecule has 0 radical (unpaired) electrons. The standard InChI is InChI=1S/C17H22ClFN2O/c18-14-5-4-6-15(19)16(14)17(22)21-11-7-13(8-12-21)20-9-2-1-3-10-20/h4-6,13H,1-3,7-12H2. The van der Waals surface area contributed by atoms with Crippen molar-refractivity contribution in [2.24, 2.45) is 0 Å². The van der Waals surface area contributed by atoms with E-state index in [0.717, 1.165) is 12.8 Å². The van der Waals surface area contributed by atoms with Crippen LogP contribution >= 0.6 is 11.6 Å². The monoisotopic (exact) mass is 324 g/mol. The van der Waals surface area contributed by atoms with Gasteiger partial charge in [0.2, 0.25) is 0 Å². The Balaban J connectivity index is 1.62. The van der Waals surface area contributed by atoms with Gasteiger partial charge in [-0.05, 0) is 50.9 Å². The number of halogens is 2. The first-order valence-electron chi connectivity index (χ1n) is 8.14. The Bertz CT molecular complexity index is 517. The van der Waals surface area contributed by atoms with Crippen molar-refractivity contribution in [2.45, 2.75) is 38.1 Å². The van der Waals surface area contributed by atoms with Crippen LogP contribution in [0.2, 0.25) is 5.02 Å². The molecule has 2 aliphatic heterocycles. The first-order chi connectivity index (χ1) is 10.7. The molecule has 2 heterocycles. The van der Waals surface area contributed by atoms with Crippen LogP contribution in [-0.2, 0) is 0 Å². The van der Waals surface area contributed by atoms with Crippen molar-refractivity contribution in [1.29, 1.82) is 0 Å². The maximum atomic E-state index is 13.9. The smallest absolute Gasteiger partial charge is 0.258 e. The molecule has 1 amide bonds. The van der Waals surface area contributed by atoms with Crippen molar-refractivity contribution < 1.29 is 9.18 Å². The van der Waals surface area contributed by atoms with Crippen molar-refractivity contribution >= 4 is 17.5 Å². The average molecular weight is 325 g/mol. The van der Waals surface area contributed by atoms with Crippen LogP contribution in [-0.4, -0.2) is 47.9 Å². The lowest BCUT2D eigenvalue weighted by molar-refractivity contribution is 0.0586. The zero-order valence-electron chi connectivity index (χ0n) is 12.7. The zero-order valence-corrected chi connectivity index (χ0v) is 13.5. The topological polar surface area (TPSA) is 23.6 Å². The van der Waals surface area contributed by atoms with E-state index in [-0.39, 0.29) is 16.5 Å². The molecule has 0 spiro atoms. The summed E-state index contributed by atoms with van der Waals surface area (Å²) in [6.07, 6.45) is 5.84. The molecule has 0 bridgehead atoms. The molecule has 2 aliphatic rings. The van der Waals surface area contributed by atoms with Gasteiger partial charge in [0.25, 0.3) is 5.91 Å². The van der Waals surface area contributed by atoms with Crippen molar-refractivity contribution in [1.82, 2.24) is 9.80 Å². The molecule has 0 saturated carbocycles. The number of amides is 1. The van der Waals surface area contributed by atoms with Crippen LogP contribution < -0.4 is 0 Å². The van der Waals surface area contributed by atoms with Crippen molar-refractivity contribution in [3.8, 4) is 0 Å². The van der Waals surface area contributed by atoms with E-state index in [4.69, 9.17) is 11.6 Å². The van der Waals surface area contributed by atoms with E-state index in [0.29, 0.717) is 19.1 Å². The first kappa shape index (κ1) is 15.8. The Morgan fingerprint density at radius 3 is 2.41 bits per heavy atom. The molecule has 1 aromatic rings. The number of piperidine rings is 2. The molecule has 2 fully saturated rings. The van der Waals surface area contributed by atoms with Crippen LogP contribution in [0.25, 0.3) is 0 Å². The molecule has 0 aliphatic carbocycles. The van der Waals surface area contributed by atoms with E-state index in [9.17, 15) is 9.18 Å². The molecular formula is C17H22ClFN2O. The third kappa shape index (κ3) is 3.28. The summed E-state index contributed by atoms with van der Waals surface area (Å²) in [6, 6.07) is 4.95. The Morgan fingerprint density at radius 2 is 1.77 bits per heavy atom. The number of carbonyl (C=O) groups is 1. The van der Waals surface area contributed by atoms with Gasteiger partial charge in [0.15, 0.2) is 0 Å². The molecule has 1 aromatic carbocycles. The molecule has 22 heavy (non-hydrogen) atoms. The van der Waals surface area contributed by atoms with E-state index < -0.39 is 5.82 Å². The highest BCUT2D eigenvalue weighted by molar-refractivity contribution is 6.33. The number of benzene rings is 1. The predicted octanol–water partition coefficient (Wildman–Crippen LogP) is 3.57. The third-order valence-corrected chi connectivity index (χ3v) is 5.15. The van der Waals surface area contributed by atoms with E-state index in [2.05, 4.69) is 4.90 Å². The second kappa shape index (κ2) is 6.97. The van der Waals surface area contributed by atoms with Crippen LogP contribution in [0.1, 0.15) is 42.5 Å². The van der Waals surface area contributed by atoms with Gasteiger partial charge >= 0.3 is 0 Å². The van der Waals surface area contributed by atoms with Crippen molar-refractivity contribution in [3.05, 3.63) is 34.6 Å².